The number of halogens is 3. The van der Waals surface area contributed by atoms with Crippen LogP contribution < -0.4 is 16.4 Å². The lowest BCUT2D eigenvalue weighted by Crippen LogP contribution is -2.41. The third kappa shape index (κ3) is 5.32. The summed E-state index contributed by atoms with van der Waals surface area (Å²) in [5, 5.41) is 5.64. The molecule has 2 aromatic rings. The van der Waals surface area contributed by atoms with Crippen LogP contribution in [0.4, 0.5) is 18.9 Å². The van der Waals surface area contributed by atoms with Crippen LogP contribution in [0.5, 0.6) is 0 Å². The molecule has 0 atom stereocenters. The van der Waals surface area contributed by atoms with E-state index in [9.17, 15) is 22.8 Å². The van der Waals surface area contributed by atoms with Crippen LogP contribution in [0.15, 0.2) is 40.4 Å². The van der Waals surface area contributed by atoms with Gasteiger partial charge in [0.1, 0.15) is 5.57 Å². The number of nitrogens with zero attached hydrogens (tertiary/aromatic N) is 3. The van der Waals surface area contributed by atoms with Gasteiger partial charge in [-0.2, -0.15) is 13.2 Å². The van der Waals surface area contributed by atoms with Gasteiger partial charge < -0.3 is 21.1 Å². The Kier molecular flexibility index (Phi) is 7.05. The van der Waals surface area contributed by atoms with Gasteiger partial charge >= 0.3 is 6.18 Å². The average molecular weight is 494 g/mol. The highest BCUT2D eigenvalue weighted by molar-refractivity contribution is 8.04. The van der Waals surface area contributed by atoms with Gasteiger partial charge in [0, 0.05) is 37.3 Å². The predicted octanol–water partition coefficient (Wildman–Crippen LogP) is 1.93. The number of ether oxygens (including phenoxy) is 1. The molecule has 4 rings (SSSR count). The molecule has 1 aromatic carbocycles. The third-order valence-corrected chi connectivity index (χ3v) is 6.25. The number of carbonyl (C=O) groups excluding carboxylic acids is 2. The third-order valence-electron chi connectivity index (χ3n) is 5.16. The van der Waals surface area contributed by atoms with Gasteiger partial charge in [-0.25, -0.2) is 9.97 Å². The Morgan fingerprint density at radius 2 is 1.97 bits per heavy atom. The van der Waals surface area contributed by atoms with Crippen molar-refractivity contribution in [3.05, 3.63) is 52.6 Å². The maximum atomic E-state index is 13.8. The summed E-state index contributed by atoms with van der Waals surface area (Å²) in [6, 6.07) is 7.08. The predicted molar refractivity (Wildman–Crippen MR) is 119 cm³/mol. The van der Waals surface area contributed by atoms with Gasteiger partial charge in [-0.15, -0.1) is 0 Å². The van der Waals surface area contributed by atoms with Crippen LogP contribution in [0.2, 0.25) is 0 Å². The summed E-state index contributed by atoms with van der Waals surface area (Å²) in [6.45, 7) is 3.11. The highest BCUT2D eigenvalue weighted by atomic mass is 32.2. The van der Waals surface area contributed by atoms with Crippen molar-refractivity contribution in [1.29, 1.82) is 0 Å². The minimum atomic E-state index is -4.96. The molecule has 0 spiro atoms. The molecule has 0 radical (unpaired) electrons. The topological polar surface area (TPSA) is 122 Å². The molecule has 2 amide bonds. The first-order chi connectivity index (χ1) is 16.2. The van der Waals surface area contributed by atoms with Gasteiger partial charge in [-0.1, -0.05) is 23.9 Å². The SMILES string of the molecule is NC(=O)/C(=C1\Nc2ccccc2S1)c1ncc(C(=O)NCCN2CCOCC2)c(C(F)(F)F)n1. The van der Waals surface area contributed by atoms with E-state index in [0.29, 0.717) is 38.5 Å². The van der Waals surface area contributed by atoms with Gasteiger partial charge in [0.25, 0.3) is 11.8 Å². The van der Waals surface area contributed by atoms with Crippen LogP contribution in [0, 0.1) is 0 Å². The van der Waals surface area contributed by atoms with Crippen molar-refractivity contribution in [2.45, 2.75) is 11.1 Å². The second kappa shape index (κ2) is 9.99. The molecular formula is C21H21F3N6O3S. The van der Waals surface area contributed by atoms with E-state index in [4.69, 9.17) is 10.5 Å². The number of fused-ring (bicyclic) bond motifs is 1. The quantitative estimate of drug-likeness (QED) is 0.521. The molecule has 4 N–H and O–H groups in total. The number of para-hydroxylation sites is 1. The molecule has 0 bridgehead atoms. The van der Waals surface area contributed by atoms with Crippen molar-refractivity contribution in [1.82, 2.24) is 20.2 Å². The Balaban J connectivity index is 1.59. The first kappa shape index (κ1) is 24.0. The largest absolute Gasteiger partial charge is 0.434 e. The molecular weight excluding hydrogens is 473 g/mol. The summed E-state index contributed by atoms with van der Waals surface area (Å²) in [6.07, 6.45) is -4.19. The summed E-state index contributed by atoms with van der Waals surface area (Å²) < 4.78 is 46.7. The smallest absolute Gasteiger partial charge is 0.379 e. The summed E-state index contributed by atoms with van der Waals surface area (Å²) in [5.41, 5.74) is 3.67. The lowest BCUT2D eigenvalue weighted by Gasteiger charge is -2.26. The first-order valence-electron chi connectivity index (χ1n) is 10.3. The van der Waals surface area contributed by atoms with Gasteiger partial charge in [0.15, 0.2) is 11.5 Å². The molecule has 0 saturated carbocycles. The molecule has 1 fully saturated rings. The molecule has 34 heavy (non-hydrogen) atoms. The molecule has 9 nitrogen and oxygen atoms in total. The summed E-state index contributed by atoms with van der Waals surface area (Å²) in [5.74, 6) is -2.48. The van der Waals surface area contributed by atoms with Gasteiger partial charge in [0.05, 0.1) is 29.5 Å². The highest BCUT2D eigenvalue weighted by Crippen LogP contribution is 2.43. The summed E-state index contributed by atoms with van der Waals surface area (Å²) in [4.78, 5) is 34.9. The molecule has 180 valence electrons. The maximum Gasteiger partial charge on any atom is 0.434 e. The van der Waals surface area contributed by atoms with Gasteiger partial charge in [-0.3, -0.25) is 14.5 Å². The van der Waals surface area contributed by atoms with Gasteiger partial charge in [-0.05, 0) is 12.1 Å². The zero-order valence-electron chi connectivity index (χ0n) is 17.8. The Labute approximate surface area is 196 Å². The second-order valence-corrected chi connectivity index (χ2v) is 8.51. The number of aromatic nitrogens is 2. The number of nitrogens with one attached hydrogen (secondary N) is 2. The lowest BCUT2D eigenvalue weighted by molar-refractivity contribution is -0.141. The van der Waals surface area contributed by atoms with Crippen molar-refractivity contribution in [2.24, 2.45) is 5.73 Å². The van der Waals surface area contributed by atoms with Crippen molar-refractivity contribution in [3.8, 4) is 0 Å². The Hall–Kier alpha value is -3.16. The summed E-state index contributed by atoms with van der Waals surface area (Å²) >= 11 is 1.13. The highest BCUT2D eigenvalue weighted by Gasteiger charge is 2.39. The van der Waals surface area contributed by atoms with E-state index in [-0.39, 0.29) is 17.1 Å². The molecule has 0 unspecified atom stereocenters. The van der Waals surface area contributed by atoms with Crippen LogP contribution in [-0.2, 0) is 15.7 Å². The van der Waals surface area contributed by atoms with E-state index in [1.54, 1.807) is 24.3 Å². The fourth-order valence-electron chi connectivity index (χ4n) is 3.49. The fraction of sp³-hybridized carbons (Fsp3) is 0.333. The number of amides is 2. The Morgan fingerprint density at radius 3 is 2.65 bits per heavy atom. The number of benzene rings is 1. The lowest BCUT2D eigenvalue weighted by atomic mass is 10.1. The van der Waals surface area contributed by atoms with Crippen LogP contribution >= 0.6 is 11.8 Å². The molecule has 3 heterocycles. The Morgan fingerprint density at radius 1 is 1.24 bits per heavy atom. The molecule has 13 heteroatoms. The van der Waals surface area contributed by atoms with E-state index < -0.39 is 35.1 Å². The van der Waals surface area contributed by atoms with E-state index in [1.807, 2.05) is 4.90 Å². The van der Waals surface area contributed by atoms with Crippen LogP contribution in [0.1, 0.15) is 21.9 Å². The minimum absolute atomic E-state index is 0.146. The normalized spacial score (nSPS) is 17.6. The number of rotatable bonds is 6. The zero-order valence-corrected chi connectivity index (χ0v) is 18.6. The number of alkyl halides is 3. The molecule has 1 aromatic heterocycles. The number of hydrogen-bond acceptors (Lipinski definition) is 8. The molecule has 0 aliphatic carbocycles. The van der Waals surface area contributed by atoms with E-state index in [1.165, 1.54) is 0 Å². The second-order valence-electron chi connectivity index (χ2n) is 7.46. The molecule has 2 aliphatic heterocycles. The van der Waals surface area contributed by atoms with Crippen molar-refractivity contribution >= 4 is 34.8 Å². The van der Waals surface area contributed by atoms with Crippen molar-refractivity contribution < 1.29 is 27.5 Å². The number of anilines is 1. The van der Waals surface area contributed by atoms with Crippen molar-refractivity contribution in [3.63, 3.8) is 0 Å². The van der Waals surface area contributed by atoms with Gasteiger partial charge in [0.2, 0.25) is 0 Å². The van der Waals surface area contributed by atoms with Crippen LogP contribution in [-0.4, -0.2) is 66.1 Å². The van der Waals surface area contributed by atoms with Crippen molar-refractivity contribution in [2.75, 3.05) is 44.7 Å². The molecule has 1 saturated heterocycles. The van der Waals surface area contributed by atoms with Crippen LogP contribution in [0.25, 0.3) is 5.57 Å². The fourth-order valence-corrected chi connectivity index (χ4v) is 4.54. The molecule has 2 aliphatic rings. The maximum absolute atomic E-state index is 13.8. The number of carbonyl (C=O) groups is 2. The van der Waals surface area contributed by atoms with Crippen LogP contribution in [0.3, 0.4) is 0 Å². The first-order valence-corrected chi connectivity index (χ1v) is 11.2. The van der Waals surface area contributed by atoms with E-state index >= 15 is 0 Å². The number of primary amides is 1. The number of thioether (sulfide) groups is 1. The number of nitrogens with two attached hydrogens (primary N) is 1. The van der Waals surface area contributed by atoms with E-state index in [2.05, 4.69) is 20.6 Å². The summed E-state index contributed by atoms with van der Waals surface area (Å²) in [7, 11) is 0. The number of morpholine rings is 1. The average Bonchev–Trinajstić information content (AvgIpc) is 3.22. The minimum Gasteiger partial charge on any atom is -0.379 e. The zero-order chi connectivity index (χ0) is 24.3. The van der Waals surface area contributed by atoms with E-state index in [0.717, 1.165) is 22.9 Å². The monoisotopic (exact) mass is 494 g/mol. The Bertz CT molecular complexity index is 1110. The standard InChI is InChI=1S/C21H21F3N6O3S/c22-21(23,24)16-12(19(32)26-5-6-30-7-9-33-10-8-30)11-27-18(29-16)15(17(25)31)20-28-13-3-1-2-4-14(13)34-20/h1-4,11,28H,5-10H2,(H2,25,31)(H,26,32)/b20-15-. The number of hydrogen-bond donors (Lipinski definition) is 3.